The summed E-state index contributed by atoms with van der Waals surface area (Å²) in [6.45, 7) is 3.60. The van der Waals surface area contributed by atoms with E-state index in [9.17, 15) is 14.9 Å². The maximum absolute atomic E-state index is 12.4. The van der Waals surface area contributed by atoms with Crippen LogP contribution in [0.4, 0.5) is 10.9 Å². The lowest BCUT2D eigenvalue weighted by Crippen LogP contribution is -2.30. The molecular formula is C19H18N4O4S. The first kappa shape index (κ1) is 19.4. The molecule has 28 heavy (non-hydrogen) atoms. The van der Waals surface area contributed by atoms with E-state index in [4.69, 9.17) is 4.74 Å². The van der Waals surface area contributed by atoms with E-state index >= 15 is 0 Å². The van der Waals surface area contributed by atoms with Crippen LogP contribution in [0.3, 0.4) is 0 Å². The molecule has 0 aliphatic heterocycles. The van der Waals surface area contributed by atoms with Gasteiger partial charge in [0.15, 0.2) is 11.2 Å². The summed E-state index contributed by atoms with van der Waals surface area (Å²) in [5, 5.41) is 16.0. The second-order valence-corrected chi connectivity index (χ2v) is 6.78. The zero-order chi connectivity index (χ0) is 20.1. The number of pyridine rings is 1. The van der Waals surface area contributed by atoms with Crippen LogP contribution in [0, 0.1) is 10.1 Å². The Kier molecular flexibility index (Phi) is 5.95. The summed E-state index contributed by atoms with van der Waals surface area (Å²) in [6.07, 6.45) is 1.30. The van der Waals surface area contributed by atoms with Gasteiger partial charge in [-0.2, -0.15) is 0 Å². The van der Waals surface area contributed by atoms with Gasteiger partial charge in [-0.3, -0.25) is 10.1 Å². The Hall–Kier alpha value is -3.33. The molecule has 1 atom stereocenters. The third-order valence-corrected chi connectivity index (χ3v) is 4.75. The summed E-state index contributed by atoms with van der Waals surface area (Å²) in [5.74, 6) is -0.958. The number of nitrogens with zero attached hydrogens (tertiary/aromatic N) is 3. The van der Waals surface area contributed by atoms with Crippen molar-refractivity contribution in [1.82, 2.24) is 9.97 Å². The van der Waals surface area contributed by atoms with Gasteiger partial charge < -0.3 is 14.9 Å². The zero-order valence-corrected chi connectivity index (χ0v) is 16.1. The van der Waals surface area contributed by atoms with E-state index in [1.165, 1.54) is 42.2 Å². The maximum atomic E-state index is 12.4. The van der Waals surface area contributed by atoms with Crippen molar-refractivity contribution in [1.29, 1.82) is 0 Å². The van der Waals surface area contributed by atoms with Crippen LogP contribution in [0.15, 0.2) is 48.0 Å². The Morgan fingerprint density at radius 2 is 2.07 bits per heavy atom. The molecular weight excluding hydrogens is 380 g/mol. The topological polar surface area (TPSA) is 107 Å². The van der Waals surface area contributed by atoms with Crippen molar-refractivity contribution in [3.63, 3.8) is 0 Å². The Balaban J connectivity index is 1.66. The van der Waals surface area contributed by atoms with Crippen molar-refractivity contribution >= 4 is 28.2 Å². The number of hydrogen-bond donors (Lipinski definition) is 1. The van der Waals surface area contributed by atoms with Crippen LogP contribution < -0.4 is 10.1 Å². The Morgan fingerprint density at radius 1 is 1.32 bits per heavy atom. The number of amides is 1. The number of rotatable bonds is 7. The molecule has 0 saturated carbocycles. The van der Waals surface area contributed by atoms with Crippen molar-refractivity contribution in [2.24, 2.45) is 0 Å². The smallest absolute Gasteiger partial charge is 0.406 e. The standard InChI is InChI=1S/C19H18N4O4S/c1-3-13-6-8-14(9-7-13)15-11-28-19(21-15)22-18(24)12(2)27-16-5-4-10-20-17(16)23(25)26/h4-12H,3H2,1-2H3,(H,21,22,24)/t12-/m1/s1. The molecule has 0 fully saturated rings. The third-order valence-electron chi connectivity index (χ3n) is 3.99. The van der Waals surface area contributed by atoms with Crippen LogP contribution in [0.2, 0.25) is 0 Å². The van der Waals surface area contributed by atoms with Gasteiger partial charge in [-0.1, -0.05) is 31.2 Å². The van der Waals surface area contributed by atoms with Gasteiger partial charge in [-0.25, -0.2) is 4.98 Å². The predicted molar refractivity (Wildman–Crippen MR) is 107 cm³/mol. The van der Waals surface area contributed by atoms with Gasteiger partial charge in [0.2, 0.25) is 5.75 Å². The number of ether oxygens (including phenoxy) is 1. The highest BCUT2D eigenvalue weighted by atomic mass is 32.1. The lowest BCUT2D eigenvalue weighted by Gasteiger charge is -2.13. The molecule has 3 aromatic rings. The lowest BCUT2D eigenvalue weighted by molar-refractivity contribution is -0.390. The van der Waals surface area contributed by atoms with Gasteiger partial charge >= 0.3 is 5.82 Å². The highest BCUT2D eigenvalue weighted by Crippen LogP contribution is 2.27. The normalized spacial score (nSPS) is 11.6. The summed E-state index contributed by atoms with van der Waals surface area (Å²) in [6, 6.07) is 11.0. The third kappa shape index (κ3) is 4.49. The number of benzene rings is 1. The summed E-state index contributed by atoms with van der Waals surface area (Å²) >= 11 is 1.30. The van der Waals surface area contributed by atoms with Crippen LogP contribution in [0.1, 0.15) is 19.4 Å². The van der Waals surface area contributed by atoms with Crippen LogP contribution in [-0.4, -0.2) is 26.9 Å². The molecule has 1 amide bonds. The number of hydrogen-bond acceptors (Lipinski definition) is 7. The van der Waals surface area contributed by atoms with Gasteiger partial charge in [0.25, 0.3) is 5.91 Å². The fourth-order valence-corrected chi connectivity index (χ4v) is 3.16. The van der Waals surface area contributed by atoms with Crippen LogP contribution >= 0.6 is 11.3 Å². The Bertz CT molecular complexity index is 988. The first-order chi connectivity index (χ1) is 13.5. The molecule has 0 aliphatic rings. The van der Waals surface area contributed by atoms with Crippen LogP contribution in [0.5, 0.6) is 5.75 Å². The average Bonchev–Trinajstić information content (AvgIpc) is 3.16. The molecule has 0 saturated heterocycles. The molecule has 0 aliphatic carbocycles. The number of carbonyl (C=O) groups excluding carboxylic acids is 1. The largest absolute Gasteiger partial charge is 0.473 e. The summed E-state index contributed by atoms with van der Waals surface area (Å²) in [4.78, 5) is 30.8. The average molecular weight is 398 g/mol. The van der Waals surface area contributed by atoms with E-state index in [0.717, 1.165) is 17.7 Å². The van der Waals surface area contributed by atoms with Gasteiger partial charge in [0.1, 0.15) is 6.20 Å². The van der Waals surface area contributed by atoms with E-state index in [2.05, 4.69) is 22.2 Å². The van der Waals surface area contributed by atoms with E-state index in [0.29, 0.717) is 5.13 Å². The summed E-state index contributed by atoms with van der Waals surface area (Å²) in [7, 11) is 0. The molecule has 8 nitrogen and oxygen atoms in total. The van der Waals surface area contributed by atoms with Gasteiger partial charge in [-0.05, 0) is 40.9 Å². The number of nitro groups is 1. The minimum Gasteiger partial charge on any atom is -0.473 e. The van der Waals surface area contributed by atoms with Crippen LogP contribution in [-0.2, 0) is 11.2 Å². The lowest BCUT2D eigenvalue weighted by atomic mass is 10.1. The number of thiazole rings is 1. The van der Waals surface area contributed by atoms with Crippen molar-refractivity contribution in [2.75, 3.05) is 5.32 Å². The minimum atomic E-state index is -0.959. The van der Waals surface area contributed by atoms with E-state index in [-0.39, 0.29) is 5.75 Å². The number of anilines is 1. The zero-order valence-electron chi connectivity index (χ0n) is 15.3. The molecule has 2 heterocycles. The molecule has 3 rings (SSSR count). The quantitative estimate of drug-likeness (QED) is 0.475. The first-order valence-electron chi connectivity index (χ1n) is 8.59. The fraction of sp³-hybridized carbons (Fsp3) is 0.211. The molecule has 0 unspecified atom stereocenters. The van der Waals surface area contributed by atoms with Crippen molar-refractivity contribution < 1.29 is 14.5 Å². The first-order valence-corrected chi connectivity index (χ1v) is 9.47. The SMILES string of the molecule is CCc1ccc(-c2csc(NC(=O)[C@@H](C)Oc3cccnc3[N+](=O)[O-])n2)cc1. The summed E-state index contributed by atoms with van der Waals surface area (Å²) in [5.41, 5.74) is 2.96. The minimum absolute atomic E-state index is 0.0639. The fourth-order valence-electron chi connectivity index (χ4n) is 2.44. The second kappa shape index (κ2) is 8.57. The van der Waals surface area contributed by atoms with Crippen LogP contribution in [0.25, 0.3) is 11.3 Å². The Morgan fingerprint density at radius 3 is 2.75 bits per heavy atom. The molecule has 0 radical (unpaired) electrons. The van der Waals surface area contributed by atoms with Crippen molar-refractivity contribution in [3.05, 3.63) is 63.7 Å². The van der Waals surface area contributed by atoms with Gasteiger partial charge in [0.05, 0.1) is 5.69 Å². The van der Waals surface area contributed by atoms with E-state index < -0.39 is 22.8 Å². The Labute approximate surface area is 165 Å². The molecule has 2 aromatic heterocycles. The van der Waals surface area contributed by atoms with Crippen molar-refractivity contribution in [2.45, 2.75) is 26.4 Å². The molecule has 9 heteroatoms. The molecule has 1 aromatic carbocycles. The molecule has 144 valence electrons. The summed E-state index contributed by atoms with van der Waals surface area (Å²) < 4.78 is 5.42. The number of aryl methyl sites for hydroxylation is 1. The number of carbonyl (C=O) groups is 1. The maximum Gasteiger partial charge on any atom is 0.406 e. The van der Waals surface area contributed by atoms with E-state index in [1.54, 1.807) is 0 Å². The predicted octanol–water partition coefficient (Wildman–Crippen LogP) is 4.08. The van der Waals surface area contributed by atoms with Crippen molar-refractivity contribution in [3.8, 4) is 17.0 Å². The van der Waals surface area contributed by atoms with E-state index in [1.807, 2.05) is 29.6 Å². The molecule has 0 bridgehead atoms. The second-order valence-electron chi connectivity index (χ2n) is 5.92. The molecule has 0 spiro atoms. The number of aromatic nitrogens is 2. The number of nitrogens with one attached hydrogen (secondary N) is 1. The highest BCUT2D eigenvalue weighted by Gasteiger charge is 2.22. The van der Waals surface area contributed by atoms with Gasteiger partial charge in [-0.15, -0.1) is 11.3 Å². The highest BCUT2D eigenvalue weighted by molar-refractivity contribution is 7.14. The monoisotopic (exact) mass is 398 g/mol. The van der Waals surface area contributed by atoms with Gasteiger partial charge in [0, 0.05) is 10.9 Å². The molecule has 1 N–H and O–H groups in total.